The standard InChI is InChI=1S/C12H22O/c1-12(2,3)10-5-4-6-11-9(10)7-8-13-11/h9-11H,4-8H2,1-3H3. The number of rotatable bonds is 0. The Labute approximate surface area is 81.9 Å². The highest BCUT2D eigenvalue weighted by atomic mass is 16.5. The zero-order valence-electron chi connectivity index (χ0n) is 9.18. The molecule has 0 amide bonds. The summed E-state index contributed by atoms with van der Waals surface area (Å²) in [6.07, 6.45) is 6.04. The number of ether oxygens (including phenoxy) is 1. The Morgan fingerprint density at radius 3 is 2.54 bits per heavy atom. The molecule has 0 radical (unpaired) electrons. The molecule has 2 rings (SSSR count). The maximum absolute atomic E-state index is 5.78. The minimum Gasteiger partial charge on any atom is -0.378 e. The van der Waals surface area contributed by atoms with E-state index in [1.54, 1.807) is 0 Å². The van der Waals surface area contributed by atoms with E-state index in [4.69, 9.17) is 4.74 Å². The molecular weight excluding hydrogens is 160 g/mol. The van der Waals surface area contributed by atoms with Gasteiger partial charge in [0.25, 0.3) is 0 Å². The van der Waals surface area contributed by atoms with Crippen molar-refractivity contribution >= 4 is 0 Å². The fraction of sp³-hybridized carbons (Fsp3) is 1.00. The molecule has 0 aromatic heterocycles. The molecule has 1 saturated carbocycles. The van der Waals surface area contributed by atoms with Crippen molar-refractivity contribution in [2.75, 3.05) is 6.61 Å². The van der Waals surface area contributed by atoms with Crippen molar-refractivity contribution in [3.05, 3.63) is 0 Å². The number of hydrogen-bond acceptors (Lipinski definition) is 1. The van der Waals surface area contributed by atoms with E-state index in [1.165, 1.54) is 25.7 Å². The molecule has 3 unspecified atom stereocenters. The van der Waals surface area contributed by atoms with Gasteiger partial charge >= 0.3 is 0 Å². The highest BCUT2D eigenvalue weighted by Gasteiger charge is 2.42. The molecule has 0 spiro atoms. The minimum absolute atomic E-state index is 0.483. The average Bonchev–Trinajstić information content (AvgIpc) is 2.48. The van der Waals surface area contributed by atoms with Crippen LogP contribution in [0.15, 0.2) is 0 Å². The largest absolute Gasteiger partial charge is 0.378 e. The van der Waals surface area contributed by atoms with Gasteiger partial charge in [-0.2, -0.15) is 0 Å². The maximum atomic E-state index is 5.78. The highest BCUT2D eigenvalue weighted by Crippen LogP contribution is 2.46. The minimum atomic E-state index is 0.483. The summed E-state index contributed by atoms with van der Waals surface area (Å²) < 4.78 is 5.78. The van der Waals surface area contributed by atoms with Crippen LogP contribution in [0.3, 0.4) is 0 Å². The van der Waals surface area contributed by atoms with E-state index in [0.717, 1.165) is 18.4 Å². The van der Waals surface area contributed by atoms with Crippen molar-refractivity contribution in [2.45, 2.75) is 52.6 Å². The summed E-state index contributed by atoms with van der Waals surface area (Å²) >= 11 is 0. The van der Waals surface area contributed by atoms with Gasteiger partial charge in [0, 0.05) is 6.61 Å². The smallest absolute Gasteiger partial charge is 0.0607 e. The molecule has 2 aliphatic rings. The lowest BCUT2D eigenvalue weighted by atomic mass is 9.65. The molecule has 1 saturated heterocycles. The first-order valence-electron chi connectivity index (χ1n) is 5.70. The summed E-state index contributed by atoms with van der Waals surface area (Å²) in [4.78, 5) is 0. The van der Waals surface area contributed by atoms with Crippen LogP contribution in [0.5, 0.6) is 0 Å². The summed E-state index contributed by atoms with van der Waals surface area (Å²) in [7, 11) is 0. The molecule has 0 N–H and O–H groups in total. The van der Waals surface area contributed by atoms with Gasteiger partial charge in [0.05, 0.1) is 6.10 Å². The lowest BCUT2D eigenvalue weighted by Crippen LogP contribution is -2.36. The average molecular weight is 182 g/mol. The van der Waals surface area contributed by atoms with Gasteiger partial charge in [0.2, 0.25) is 0 Å². The highest BCUT2D eigenvalue weighted by molar-refractivity contribution is 4.91. The Morgan fingerprint density at radius 2 is 1.85 bits per heavy atom. The van der Waals surface area contributed by atoms with Crippen LogP contribution in [-0.4, -0.2) is 12.7 Å². The van der Waals surface area contributed by atoms with Gasteiger partial charge in [-0.25, -0.2) is 0 Å². The molecule has 3 atom stereocenters. The summed E-state index contributed by atoms with van der Waals surface area (Å²) in [6, 6.07) is 0. The first kappa shape index (κ1) is 9.51. The molecule has 0 aromatic rings. The Hall–Kier alpha value is -0.0400. The second kappa shape index (κ2) is 3.27. The number of fused-ring (bicyclic) bond motifs is 1. The molecule has 0 bridgehead atoms. The van der Waals surface area contributed by atoms with Crippen LogP contribution >= 0.6 is 0 Å². The molecule has 1 aliphatic carbocycles. The van der Waals surface area contributed by atoms with Crippen LogP contribution in [0.1, 0.15) is 46.5 Å². The predicted octanol–water partition coefficient (Wildman–Crippen LogP) is 3.24. The normalized spacial score (nSPS) is 40.4. The molecule has 2 fully saturated rings. The molecule has 13 heavy (non-hydrogen) atoms. The molecular formula is C12H22O. The first-order valence-corrected chi connectivity index (χ1v) is 5.70. The van der Waals surface area contributed by atoms with Crippen molar-refractivity contribution in [2.24, 2.45) is 17.3 Å². The van der Waals surface area contributed by atoms with Gasteiger partial charge < -0.3 is 4.74 Å². The molecule has 76 valence electrons. The first-order chi connectivity index (χ1) is 6.09. The second-order valence-corrected chi connectivity index (χ2v) is 5.77. The molecule has 1 nitrogen and oxygen atoms in total. The Morgan fingerprint density at radius 1 is 1.08 bits per heavy atom. The van der Waals surface area contributed by atoms with Gasteiger partial charge in [-0.15, -0.1) is 0 Å². The van der Waals surface area contributed by atoms with Gasteiger partial charge in [0.15, 0.2) is 0 Å². The van der Waals surface area contributed by atoms with E-state index in [-0.39, 0.29) is 0 Å². The fourth-order valence-electron chi connectivity index (χ4n) is 3.25. The quantitative estimate of drug-likeness (QED) is 0.559. The van der Waals surface area contributed by atoms with Crippen molar-refractivity contribution < 1.29 is 4.74 Å². The van der Waals surface area contributed by atoms with Crippen molar-refractivity contribution in [3.8, 4) is 0 Å². The van der Waals surface area contributed by atoms with E-state index in [9.17, 15) is 0 Å². The van der Waals surface area contributed by atoms with E-state index < -0.39 is 0 Å². The van der Waals surface area contributed by atoms with Gasteiger partial charge in [-0.1, -0.05) is 27.2 Å². The van der Waals surface area contributed by atoms with Crippen molar-refractivity contribution in [1.82, 2.24) is 0 Å². The maximum Gasteiger partial charge on any atom is 0.0607 e. The van der Waals surface area contributed by atoms with Crippen LogP contribution in [0.2, 0.25) is 0 Å². The van der Waals surface area contributed by atoms with Crippen LogP contribution in [-0.2, 0) is 4.74 Å². The van der Waals surface area contributed by atoms with Crippen molar-refractivity contribution in [3.63, 3.8) is 0 Å². The predicted molar refractivity (Wildman–Crippen MR) is 54.6 cm³/mol. The molecule has 1 heteroatoms. The van der Waals surface area contributed by atoms with Crippen molar-refractivity contribution in [1.29, 1.82) is 0 Å². The van der Waals surface area contributed by atoms with Gasteiger partial charge in [0.1, 0.15) is 0 Å². The number of hydrogen-bond donors (Lipinski definition) is 0. The third-order valence-corrected chi connectivity index (χ3v) is 3.89. The third-order valence-electron chi connectivity index (χ3n) is 3.89. The van der Waals surface area contributed by atoms with E-state index in [0.29, 0.717) is 11.5 Å². The van der Waals surface area contributed by atoms with Crippen LogP contribution in [0.25, 0.3) is 0 Å². The van der Waals surface area contributed by atoms with E-state index in [1.807, 2.05) is 0 Å². The zero-order valence-corrected chi connectivity index (χ0v) is 9.18. The third kappa shape index (κ3) is 1.76. The summed E-state index contributed by atoms with van der Waals surface area (Å²) in [5, 5.41) is 0. The molecule has 0 aromatic carbocycles. The van der Waals surface area contributed by atoms with E-state index in [2.05, 4.69) is 20.8 Å². The Kier molecular flexibility index (Phi) is 2.39. The summed E-state index contributed by atoms with van der Waals surface area (Å²) in [5.41, 5.74) is 0.483. The molecule has 1 heterocycles. The molecule has 1 aliphatic heterocycles. The van der Waals surface area contributed by atoms with Crippen LogP contribution in [0, 0.1) is 17.3 Å². The summed E-state index contributed by atoms with van der Waals surface area (Å²) in [6.45, 7) is 8.18. The second-order valence-electron chi connectivity index (χ2n) is 5.77. The lowest BCUT2D eigenvalue weighted by Gasteiger charge is -2.41. The zero-order chi connectivity index (χ0) is 9.47. The topological polar surface area (TPSA) is 9.23 Å². The van der Waals surface area contributed by atoms with Gasteiger partial charge in [-0.05, 0) is 36.5 Å². The Balaban J connectivity index is 2.10. The van der Waals surface area contributed by atoms with Gasteiger partial charge in [-0.3, -0.25) is 0 Å². The lowest BCUT2D eigenvalue weighted by molar-refractivity contribution is 0.0113. The van der Waals surface area contributed by atoms with Crippen LogP contribution < -0.4 is 0 Å². The fourth-order valence-corrected chi connectivity index (χ4v) is 3.25. The monoisotopic (exact) mass is 182 g/mol. The Bertz CT molecular complexity index is 180. The van der Waals surface area contributed by atoms with Crippen LogP contribution in [0.4, 0.5) is 0 Å². The SMILES string of the molecule is CC(C)(C)C1CCCC2OCCC21. The van der Waals surface area contributed by atoms with E-state index >= 15 is 0 Å². The summed E-state index contributed by atoms with van der Waals surface area (Å²) in [5.74, 6) is 1.77.